The van der Waals surface area contributed by atoms with Gasteiger partial charge in [0, 0.05) is 38.4 Å². The van der Waals surface area contributed by atoms with Gasteiger partial charge in [-0.3, -0.25) is 4.90 Å². The maximum Gasteiger partial charge on any atom is 0.213 e. The fourth-order valence-electron chi connectivity index (χ4n) is 1.95. The van der Waals surface area contributed by atoms with E-state index in [0.717, 1.165) is 44.8 Å². The molecular formula is C13H21N3O2. The standard InChI is InChI=1S/C13H21N3O2/c14-11-12-2-3-15-13(10-12)18-7-1-4-16-5-8-17-9-6-16/h2-3,10H,1,4-9,11,14H2. The molecule has 5 heteroatoms. The fourth-order valence-corrected chi connectivity index (χ4v) is 1.95. The number of nitrogens with zero attached hydrogens (tertiary/aromatic N) is 2. The summed E-state index contributed by atoms with van der Waals surface area (Å²) >= 11 is 0. The van der Waals surface area contributed by atoms with Crippen molar-refractivity contribution in [3.8, 4) is 5.88 Å². The first-order chi connectivity index (χ1) is 8.88. The Morgan fingerprint density at radius 3 is 3.00 bits per heavy atom. The lowest BCUT2D eigenvalue weighted by molar-refractivity contribution is 0.0357. The van der Waals surface area contributed by atoms with Crippen LogP contribution in [0.2, 0.25) is 0 Å². The van der Waals surface area contributed by atoms with Crippen LogP contribution in [0.3, 0.4) is 0 Å². The number of hydrogen-bond acceptors (Lipinski definition) is 5. The third-order valence-electron chi connectivity index (χ3n) is 3.01. The third-order valence-corrected chi connectivity index (χ3v) is 3.01. The average Bonchev–Trinajstić information content (AvgIpc) is 2.45. The lowest BCUT2D eigenvalue weighted by Crippen LogP contribution is -2.37. The van der Waals surface area contributed by atoms with Crippen LogP contribution in [0.25, 0.3) is 0 Å². The number of ether oxygens (including phenoxy) is 2. The molecule has 1 aromatic rings. The van der Waals surface area contributed by atoms with Crippen molar-refractivity contribution in [1.82, 2.24) is 9.88 Å². The van der Waals surface area contributed by atoms with Gasteiger partial charge in [0.25, 0.3) is 0 Å². The van der Waals surface area contributed by atoms with Gasteiger partial charge >= 0.3 is 0 Å². The van der Waals surface area contributed by atoms with E-state index >= 15 is 0 Å². The Bertz CT molecular complexity index is 354. The molecule has 100 valence electrons. The first-order valence-electron chi connectivity index (χ1n) is 6.46. The minimum absolute atomic E-state index is 0.520. The number of hydrogen-bond donors (Lipinski definition) is 1. The molecule has 1 fully saturated rings. The molecule has 1 aliphatic heterocycles. The second kappa shape index (κ2) is 7.31. The van der Waals surface area contributed by atoms with Gasteiger partial charge in [0.1, 0.15) is 0 Å². The summed E-state index contributed by atoms with van der Waals surface area (Å²) in [6.45, 7) is 6.02. The van der Waals surface area contributed by atoms with E-state index in [9.17, 15) is 0 Å². The van der Waals surface area contributed by atoms with Crippen LogP contribution in [0.1, 0.15) is 12.0 Å². The molecule has 2 N–H and O–H groups in total. The Kier molecular flexibility index (Phi) is 5.38. The number of morpholine rings is 1. The van der Waals surface area contributed by atoms with Crippen molar-refractivity contribution in [2.24, 2.45) is 5.73 Å². The van der Waals surface area contributed by atoms with E-state index in [4.69, 9.17) is 15.2 Å². The lowest BCUT2D eigenvalue weighted by atomic mass is 10.3. The second-order valence-electron chi connectivity index (χ2n) is 4.36. The van der Waals surface area contributed by atoms with Crippen molar-refractivity contribution in [1.29, 1.82) is 0 Å². The Hall–Kier alpha value is -1.17. The molecule has 1 saturated heterocycles. The molecule has 0 atom stereocenters. The van der Waals surface area contributed by atoms with E-state index < -0.39 is 0 Å². The summed E-state index contributed by atoms with van der Waals surface area (Å²) in [5, 5.41) is 0. The minimum atomic E-state index is 0.520. The highest BCUT2D eigenvalue weighted by molar-refractivity contribution is 5.19. The van der Waals surface area contributed by atoms with Crippen molar-refractivity contribution in [3.63, 3.8) is 0 Å². The molecule has 0 saturated carbocycles. The van der Waals surface area contributed by atoms with Crippen molar-refractivity contribution in [2.45, 2.75) is 13.0 Å². The van der Waals surface area contributed by atoms with Gasteiger partial charge in [-0.2, -0.15) is 0 Å². The van der Waals surface area contributed by atoms with Crippen molar-refractivity contribution in [2.75, 3.05) is 39.5 Å². The van der Waals surface area contributed by atoms with Gasteiger partial charge in [0.2, 0.25) is 5.88 Å². The van der Waals surface area contributed by atoms with Crippen LogP contribution in [0.15, 0.2) is 18.3 Å². The molecule has 0 aromatic carbocycles. The van der Waals surface area contributed by atoms with Gasteiger partial charge in [0.05, 0.1) is 19.8 Å². The number of pyridine rings is 1. The molecule has 0 unspecified atom stereocenters. The zero-order valence-corrected chi connectivity index (χ0v) is 10.7. The summed E-state index contributed by atoms with van der Waals surface area (Å²) in [7, 11) is 0. The Morgan fingerprint density at radius 2 is 2.22 bits per heavy atom. The van der Waals surface area contributed by atoms with E-state index in [-0.39, 0.29) is 0 Å². The summed E-state index contributed by atoms with van der Waals surface area (Å²) < 4.78 is 10.9. The van der Waals surface area contributed by atoms with Crippen LogP contribution >= 0.6 is 0 Å². The Labute approximate surface area is 108 Å². The first kappa shape index (κ1) is 13.3. The number of rotatable bonds is 6. The third kappa shape index (κ3) is 4.25. The van der Waals surface area contributed by atoms with Gasteiger partial charge in [0.15, 0.2) is 0 Å². The van der Waals surface area contributed by atoms with Gasteiger partial charge in [-0.1, -0.05) is 0 Å². The van der Waals surface area contributed by atoms with Crippen LogP contribution in [0.4, 0.5) is 0 Å². The van der Waals surface area contributed by atoms with Gasteiger partial charge in [-0.15, -0.1) is 0 Å². The summed E-state index contributed by atoms with van der Waals surface area (Å²) in [6.07, 6.45) is 2.74. The van der Waals surface area contributed by atoms with Gasteiger partial charge in [-0.05, 0) is 18.1 Å². The predicted molar refractivity (Wildman–Crippen MR) is 69.5 cm³/mol. The normalized spacial score (nSPS) is 16.7. The zero-order valence-electron chi connectivity index (χ0n) is 10.7. The van der Waals surface area contributed by atoms with Crippen LogP contribution < -0.4 is 10.5 Å². The number of nitrogens with two attached hydrogens (primary N) is 1. The smallest absolute Gasteiger partial charge is 0.213 e. The molecule has 2 rings (SSSR count). The monoisotopic (exact) mass is 251 g/mol. The molecule has 0 amide bonds. The lowest BCUT2D eigenvalue weighted by Gasteiger charge is -2.26. The maximum atomic E-state index is 5.61. The molecule has 0 bridgehead atoms. The van der Waals surface area contributed by atoms with Gasteiger partial charge < -0.3 is 15.2 Å². The summed E-state index contributed by atoms with van der Waals surface area (Å²) in [6, 6.07) is 3.80. The second-order valence-corrected chi connectivity index (χ2v) is 4.36. The van der Waals surface area contributed by atoms with Crippen molar-refractivity contribution in [3.05, 3.63) is 23.9 Å². The van der Waals surface area contributed by atoms with E-state index in [1.807, 2.05) is 12.1 Å². The molecule has 1 aromatic heterocycles. The molecule has 5 nitrogen and oxygen atoms in total. The molecule has 1 aliphatic rings. The average molecular weight is 251 g/mol. The van der Waals surface area contributed by atoms with Crippen LogP contribution in [-0.4, -0.2) is 49.3 Å². The molecule has 0 spiro atoms. The molecule has 0 aliphatic carbocycles. The van der Waals surface area contributed by atoms with E-state index in [1.54, 1.807) is 6.20 Å². The highest BCUT2D eigenvalue weighted by atomic mass is 16.5. The summed E-state index contributed by atoms with van der Waals surface area (Å²) in [5.74, 6) is 0.667. The van der Waals surface area contributed by atoms with E-state index in [2.05, 4.69) is 9.88 Å². The van der Waals surface area contributed by atoms with Crippen LogP contribution in [-0.2, 0) is 11.3 Å². The Balaban J connectivity index is 1.65. The summed E-state index contributed by atoms with van der Waals surface area (Å²) in [5.41, 5.74) is 6.62. The molecule has 18 heavy (non-hydrogen) atoms. The SMILES string of the molecule is NCc1ccnc(OCCCN2CCOCC2)c1. The number of aromatic nitrogens is 1. The Morgan fingerprint density at radius 1 is 1.39 bits per heavy atom. The zero-order chi connectivity index (χ0) is 12.6. The quantitative estimate of drug-likeness (QED) is 0.752. The van der Waals surface area contributed by atoms with E-state index in [0.29, 0.717) is 19.0 Å². The van der Waals surface area contributed by atoms with Crippen molar-refractivity contribution < 1.29 is 9.47 Å². The molecule has 0 radical (unpaired) electrons. The topological polar surface area (TPSA) is 60.6 Å². The van der Waals surface area contributed by atoms with E-state index in [1.165, 1.54) is 0 Å². The summed E-state index contributed by atoms with van der Waals surface area (Å²) in [4.78, 5) is 6.56. The predicted octanol–water partition coefficient (Wildman–Crippen LogP) is 0.641. The molecule has 2 heterocycles. The van der Waals surface area contributed by atoms with Crippen LogP contribution in [0.5, 0.6) is 5.88 Å². The fraction of sp³-hybridized carbons (Fsp3) is 0.615. The van der Waals surface area contributed by atoms with Gasteiger partial charge in [-0.25, -0.2) is 4.98 Å². The highest BCUT2D eigenvalue weighted by Crippen LogP contribution is 2.09. The van der Waals surface area contributed by atoms with Crippen molar-refractivity contribution >= 4 is 0 Å². The first-order valence-corrected chi connectivity index (χ1v) is 6.46. The highest BCUT2D eigenvalue weighted by Gasteiger charge is 2.09. The van der Waals surface area contributed by atoms with Crippen LogP contribution in [0, 0.1) is 0 Å². The largest absolute Gasteiger partial charge is 0.478 e. The minimum Gasteiger partial charge on any atom is -0.478 e. The molecular weight excluding hydrogens is 230 g/mol. The maximum absolute atomic E-state index is 5.61.